The molecule has 0 radical (unpaired) electrons. The molecule has 0 heterocycles. The van der Waals surface area contributed by atoms with E-state index in [0.29, 0.717) is 0 Å². The Kier molecular flexibility index (Phi) is 2.59. The zero-order chi connectivity index (χ0) is 11.1. The Balaban J connectivity index is 2.48. The number of halogens is 1. The molecule has 1 aromatic carbocycles. The molecule has 2 rings (SSSR count). The van der Waals surface area contributed by atoms with Crippen molar-refractivity contribution in [3.63, 3.8) is 0 Å². The van der Waals surface area contributed by atoms with Crippen molar-refractivity contribution in [2.24, 2.45) is 5.41 Å². The highest BCUT2D eigenvalue weighted by molar-refractivity contribution is 6.31. The molecule has 1 aliphatic rings. The molecule has 0 amide bonds. The van der Waals surface area contributed by atoms with Crippen LogP contribution in [-0.4, -0.2) is 6.29 Å². The smallest absolute Gasteiger partial charge is 0.126 e. The van der Waals surface area contributed by atoms with Gasteiger partial charge in [0.1, 0.15) is 6.29 Å². The Morgan fingerprint density at radius 2 is 2.20 bits per heavy atom. The van der Waals surface area contributed by atoms with Crippen molar-refractivity contribution in [2.45, 2.75) is 32.6 Å². The Bertz CT molecular complexity index is 396. The van der Waals surface area contributed by atoms with Crippen molar-refractivity contribution in [3.8, 4) is 0 Å². The monoisotopic (exact) mass is 222 g/mol. The second-order valence-electron chi connectivity index (χ2n) is 4.84. The lowest BCUT2D eigenvalue weighted by Crippen LogP contribution is -2.22. The minimum absolute atomic E-state index is 0.277. The first kappa shape index (κ1) is 10.7. The molecule has 1 aliphatic carbocycles. The average Bonchev–Trinajstić information content (AvgIpc) is 2.63. The number of aryl methyl sites for hydroxylation is 1. The SMILES string of the molecule is CC(C)(C=O)C1CCc2cccc(Cl)c21. The van der Waals surface area contributed by atoms with E-state index in [4.69, 9.17) is 11.6 Å². The van der Waals surface area contributed by atoms with Gasteiger partial charge >= 0.3 is 0 Å². The molecule has 1 nitrogen and oxygen atoms in total. The van der Waals surface area contributed by atoms with E-state index in [0.717, 1.165) is 24.2 Å². The van der Waals surface area contributed by atoms with Crippen LogP contribution in [0.5, 0.6) is 0 Å². The Labute approximate surface area is 95.4 Å². The lowest BCUT2D eigenvalue weighted by molar-refractivity contribution is -0.115. The Hall–Kier alpha value is -0.820. The molecule has 0 saturated heterocycles. The third kappa shape index (κ3) is 1.69. The van der Waals surface area contributed by atoms with E-state index in [1.54, 1.807) is 0 Å². The van der Waals surface area contributed by atoms with Crippen molar-refractivity contribution in [2.75, 3.05) is 0 Å². The fourth-order valence-electron chi connectivity index (χ4n) is 2.46. The van der Waals surface area contributed by atoms with Crippen LogP contribution in [0.4, 0.5) is 0 Å². The number of fused-ring (bicyclic) bond motifs is 1. The zero-order valence-corrected chi connectivity index (χ0v) is 9.84. The number of rotatable bonds is 2. The lowest BCUT2D eigenvalue weighted by atomic mass is 9.77. The first-order chi connectivity index (χ1) is 7.06. The predicted molar refractivity (Wildman–Crippen MR) is 62.4 cm³/mol. The second kappa shape index (κ2) is 3.64. The van der Waals surface area contributed by atoms with Crippen LogP contribution in [0.2, 0.25) is 5.02 Å². The largest absolute Gasteiger partial charge is 0.303 e. The molecule has 15 heavy (non-hydrogen) atoms. The highest BCUT2D eigenvalue weighted by Gasteiger charge is 2.36. The predicted octanol–water partition coefficient (Wildman–Crippen LogP) is 3.59. The maximum atomic E-state index is 11.1. The van der Waals surface area contributed by atoms with Crippen LogP contribution in [0.15, 0.2) is 18.2 Å². The summed E-state index contributed by atoms with van der Waals surface area (Å²) in [4.78, 5) is 11.1. The van der Waals surface area contributed by atoms with Gasteiger partial charge in [-0.3, -0.25) is 0 Å². The van der Waals surface area contributed by atoms with E-state index in [9.17, 15) is 4.79 Å². The molecule has 80 valence electrons. The molecule has 1 aromatic rings. The summed E-state index contributed by atoms with van der Waals surface area (Å²) in [5.41, 5.74) is 2.19. The van der Waals surface area contributed by atoms with Crippen LogP contribution in [0.25, 0.3) is 0 Å². The summed E-state index contributed by atoms with van der Waals surface area (Å²) in [5, 5.41) is 0.810. The van der Waals surface area contributed by atoms with Crippen molar-refractivity contribution >= 4 is 17.9 Å². The van der Waals surface area contributed by atoms with Gasteiger partial charge in [0.2, 0.25) is 0 Å². The number of aldehydes is 1. The summed E-state index contributed by atoms with van der Waals surface area (Å²) in [7, 11) is 0. The van der Waals surface area contributed by atoms with Gasteiger partial charge in [0.25, 0.3) is 0 Å². The van der Waals surface area contributed by atoms with Gasteiger partial charge in [-0.15, -0.1) is 0 Å². The van der Waals surface area contributed by atoms with Crippen LogP contribution in [-0.2, 0) is 11.2 Å². The van der Waals surface area contributed by atoms with Gasteiger partial charge in [-0.2, -0.15) is 0 Å². The highest BCUT2D eigenvalue weighted by atomic mass is 35.5. The van der Waals surface area contributed by atoms with E-state index in [2.05, 4.69) is 6.07 Å². The summed E-state index contributed by atoms with van der Waals surface area (Å²) in [6.07, 6.45) is 3.12. The van der Waals surface area contributed by atoms with E-state index in [1.807, 2.05) is 26.0 Å². The molecule has 0 aliphatic heterocycles. The van der Waals surface area contributed by atoms with Gasteiger partial charge < -0.3 is 4.79 Å². The van der Waals surface area contributed by atoms with E-state index in [1.165, 1.54) is 11.1 Å². The second-order valence-corrected chi connectivity index (χ2v) is 5.25. The van der Waals surface area contributed by atoms with Crippen molar-refractivity contribution in [1.82, 2.24) is 0 Å². The van der Waals surface area contributed by atoms with Gasteiger partial charge in [-0.25, -0.2) is 0 Å². The van der Waals surface area contributed by atoms with Gasteiger partial charge in [-0.05, 0) is 36.0 Å². The number of carbonyl (C=O) groups excluding carboxylic acids is 1. The van der Waals surface area contributed by atoms with E-state index >= 15 is 0 Å². The van der Waals surface area contributed by atoms with Crippen LogP contribution in [0.1, 0.15) is 37.3 Å². The highest BCUT2D eigenvalue weighted by Crippen LogP contribution is 2.46. The number of hydrogen-bond acceptors (Lipinski definition) is 1. The van der Waals surface area contributed by atoms with Crippen LogP contribution < -0.4 is 0 Å². The molecular weight excluding hydrogens is 208 g/mol. The normalized spacial score (nSPS) is 20.1. The molecular formula is C13H15ClO. The first-order valence-electron chi connectivity index (χ1n) is 5.30. The molecule has 2 heteroatoms. The van der Waals surface area contributed by atoms with Gasteiger partial charge in [0.05, 0.1) is 0 Å². The topological polar surface area (TPSA) is 17.1 Å². The maximum absolute atomic E-state index is 11.1. The fraction of sp³-hybridized carbons (Fsp3) is 0.462. The third-order valence-corrected chi connectivity index (χ3v) is 3.73. The Morgan fingerprint density at radius 1 is 1.47 bits per heavy atom. The van der Waals surface area contributed by atoms with E-state index < -0.39 is 0 Å². The summed E-state index contributed by atoms with van der Waals surface area (Å²) >= 11 is 6.21. The standard InChI is InChI=1S/C13H15ClO/c1-13(2,8-15)10-7-6-9-4-3-5-11(14)12(9)10/h3-5,8,10H,6-7H2,1-2H3. The first-order valence-corrected chi connectivity index (χ1v) is 5.67. The molecule has 0 bridgehead atoms. The Morgan fingerprint density at radius 3 is 2.87 bits per heavy atom. The van der Waals surface area contributed by atoms with Crippen molar-refractivity contribution in [1.29, 1.82) is 0 Å². The van der Waals surface area contributed by atoms with Crippen LogP contribution in [0.3, 0.4) is 0 Å². The molecule has 0 spiro atoms. The minimum Gasteiger partial charge on any atom is -0.303 e. The third-order valence-electron chi connectivity index (χ3n) is 3.40. The molecule has 0 fully saturated rings. The summed E-state index contributed by atoms with van der Waals surface area (Å²) in [6, 6.07) is 6.01. The number of hydrogen-bond donors (Lipinski definition) is 0. The summed E-state index contributed by atoms with van der Waals surface area (Å²) in [5.74, 6) is 0.277. The average molecular weight is 223 g/mol. The van der Waals surface area contributed by atoms with Crippen LogP contribution >= 0.6 is 11.6 Å². The fourth-order valence-corrected chi connectivity index (χ4v) is 2.79. The summed E-state index contributed by atoms with van der Waals surface area (Å²) < 4.78 is 0. The molecule has 0 saturated carbocycles. The quantitative estimate of drug-likeness (QED) is 0.699. The van der Waals surface area contributed by atoms with Crippen molar-refractivity contribution in [3.05, 3.63) is 34.3 Å². The number of benzene rings is 1. The van der Waals surface area contributed by atoms with Gasteiger partial charge in [0.15, 0.2) is 0 Å². The molecule has 1 atom stereocenters. The van der Waals surface area contributed by atoms with Gasteiger partial charge in [0, 0.05) is 10.4 Å². The maximum Gasteiger partial charge on any atom is 0.126 e. The number of carbonyl (C=O) groups is 1. The lowest BCUT2D eigenvalue weighted by Gasteiger charge is -2.26. The molecule has 1 unspecified atom stereocenters. The van der Waals surface area contributed by atoms with Gasteiger partial charge in [-0.1, -0.05) is 37.6 Å². The summed E-state index contributed by atoms with van der Waals surface area (Å²) in [6.45, 7) is 3.98. The van der Waals surface area contributed by atoms with Crippen molar-refractivity contribution < 1.29 is 4.79 Å². The molecule has 0 aromatic heterocycles. The van der Waals surface area contributed by atoms with E-state index in [-0.39, 0.29) is 11.3 Å². The molecule has 0 N–H and O–H groups in total. The van der Waals surface area contributed by atoms with Crippen LogP contribution in [0, 0.1) is 5.41 Å². The zero-order valence-electron chi connectivity index (χ0n) is 9.09. The minimum atomic E-state index is -0.309.